The summed E-state index contributed by atoms with van der Waals surface area (Å²) in [5.41, 5.74) is 0. The maximum atomic E-state index is 12.3. The summed E-state index contributed by atoms with van der Waals surface area (Å²) < 4.78 is 26.2. The number of aromatic nitrogens is 2. The predicted octanol–water partition coefficient (Wildman–Crippen LogP) is 0.0620. The Balaban J connectivity index is 1.77. The Morgan fingerprint density at radius 3 is 2.50 bits per heavy atom. The molecule has 1 unspecified atom stereocenters. The van der Waals surface area contributed by atoms with E-state index in [4.69, 9.17) is 11.6 Å². The lowest BCUT2D eigenvalue weighted by Crippen LogP contribution is -2.50. The summed E-state index contributed by atoms with van der Waals surface area (Å²) in [6.45, 7) is 3.81. The van der Waals surface area contributed by atoms with Gasteiger partial charge in [-0.05, 0) is 19.4 Å². The molecule has 1 atom stereocenters. The highest BCUT2D eigenvalue weighted by molar-refractivity contribution is 7.89. The van der Waals surface area contributed by atoms with Gasteiger partial charge in [0, 0.05) is 45.1 Å². The van der Waals surface area contributed by atoms with Gasteiger partial charge in [-0.15, -0.1) is 11.6 Å². The van der Waals surface area contributed by atoms with Crippen molar-refractivity contribution in [2.75, 3.05) is 43.4 Å². The zero-order valence-electron chi connectivity index (χ0n) is 13.6. The van der Waals surface area contributed by atoms with Crippen molar-refractivity contribution in [3.8, 4) is 0 Å². The zero-order valence-corrected chi connectivity index (χ0v) is 15.1. The van der Waals surface area contributed by atoms with E-state index in [9.17, 15) is 13.2 Å². The second-order valence-electron chi connectivity index (χ2n) is 5.51. The standard InChI is InChI=1S/C14H22ClN5O3S/c1-12(15)13(21)16-6-3-11-24(22,23)20-9-7-19(8-10-20)14-17-4-2-5-18-14/h2,4-5,12H,3,6-11H2,1H3,(H,16,21). The zero-order chi connectivity index (χ0) is 17.6. The number of carbonyl (C=O) groups is 1. The van der Waals surface area contributed by atoms with Gasteiger partial charge in [-0.2, -0.15) is 4.31 Å². The van der Waals surface area contributed by atoms with Crippen molar-refractivity contribution < 1.29 is 13.2 Å². The number of piperazine rings is 1. The van der Waals surface area contributed by atoms with Crippen LogP contribution in [0.2, 0.25) is 0 Å². The molecule has 0 bridgehead atoms. The summed E-state index contributed by atoms with van der Waals surface area (Å²) in [7, 11) is -3.33. The van der Waals surface area contributed by atoms with Crippen molar-refractivity contribution in [2.24, 2.45) is 0 Å². The normalized spacial score (nSPS) is 17.5. The van der Waals surface area contributed by atoms with Gasteiger partial charge in [-0.25, -0.2) is 18.4 Å². The van der Waals surface area contributed by atoms with E-state index >= 15 is 0 Å². The summed E-state index contributed by atoms with van der Waals surface area (Å²) in [5, 5.41) is 1.99. The smallest absolute Gasteiger partial charge is 0.237 e. The summed E-state index contributed by atoms with van der Waals surface area (Å²) in [4.78, 5) is 21.6. The molecule has 1 aromatic rings. The van der Waals surface area contributed by atoms with E-state index in [-0.39, 0.29) is 11.7 Å². The molecule has 1 fully saturated rings. The van der Waals surface area contributed by atoms with Gasteiger partial charge in [-0.3, -0.25) is 4.79 Å². The Hall–Kier alpha value is -1.45. The third-order valence-electron chi connectivity index (χ3n) is 3.71. The third-order valence-corrected chi connectivity index (χ3v) is 5.86. The minimum atomic E-state index is -3.33. The predicted molar refractivity (Wildman–Crippen MR) is 92.5 cm³/mol. The lowest BCUT2D eigenvalue weighted by molar-refractivity contribution is -0.120. The Morgan fingerprint density at radius 1 is 1.29 bits per heavy atom. The molecule has 1 saturated heterocycles. The number of rotatable bonds is 7. The fraction of sp³-hybridized carbons (Fsp3) is 0.643. The summed E-state index contributed by atoms with van der Waals surface area (Å²) >= 11 is 5.63. The molecular formula is C14H22ClN5O3S. The van der Waals surface area contributed by atoms with Crippen LogP contribution >= 0.6 is 11.6 Å². The van der Waals surface area contributed by atoms with Gasteiger partial charge >= 0.3 is 0 Å². The quantitative estimate of drug-likeness (QED) is 0.535. The number of alkyl halides is 1. The van der Waals surface area contributed by atoms with Gasteiger partial charge in [-0.1, -0.05) is 0 Å². The van der Waals surface area contributed by atoms with Crippen LogP contribution < -0.4 is 10.2 Å². The second-order valence-corrected chi connectivity index (χ2v) is 8.25. The molecule has 0 spiro atoms. The molecule has 1 amide bonds. The molecule has 1 aliphatic heterocycles. The van der Waals surface area contributed by atoms with E-state index in [1.54, 1.807) is 25.4 Å². The largest absolute Gasteiger partial charge is 0.355 e. The number of carbonyl (C=O) groups excluding carboxylic acids is 1. The molecule has 24 heavy (non-hydrogen) atoms. The average Bonchev–Trinajstić information content (AvgIpc) is 2.59. The molecule has 1 N–H and O–H groups in total. The highest BCUT2D eigenvalue weighted by atomic mass is 35.5. The molecule has 2 rings (SSSR count). The van der Waals surface area contributed by atoms with Crippen LogP contribution in [0.3, 0.4) is 0 Å². The number of hydrogen-bond acceptors (Lipinski definition) is 6. The molecule has 0 aromatic carbocycles. The van der Waals surface area contributed by atoms with Crippen LogP contribution in [0.25, 0.3) is 0 Å². The van der Waals surface area contributed by atoms with Crippen molar-refractivity contribution >= 4 is 33.5 Å². The monoisotopic (exact) mass is 375 g/mol. The van der Waals surface area contributed by atoms with Crippen LogP contribution in [-0.4, -0.2) is 72.5 Å². The van der Waals surface area contributed by atoms with Crippen LogP contribution in [0.4, 0.5) is 5.95 Å². The van der Waals surface area contributed by atoms with E-state index in [2.05, 4.69) is 15.3 Å². The third kappa shape index (κ3) is 5.29. The van der Waals surface area contributed by atoms with E-state index in [1.165, 1.54) is 4.31 Å². The maximum absolute atomic E-state index is 12.3. The van der Waals surface area contributed by atoms with Gasteiger partial charge in [0.15, 0.2) is 0 Å². The fourth-order valence-corrected chi connectivity index (χ4v) is 3.92. The first-order valence-corrected chi connectivity index (χ1v) is 9.86. The van der Waals surface area contributed by atoms with E-state index in [1.807, 2.05) is 4.90 Å². The molecule has 0 radical (unpaired) electrons. The van der Waals surface area contributed by atoms with Crippen LogP contribution in [0.15, 0.2) is 18.5 Å². The molecule has 8 nitrogen and oxygen atoms in total. The van der Waals surface area contributed by atoms with Crippen LogP contribution in [0.5, 0.6) is 0 Å². The SMILES string of the molecule is CC(Cl)C(=O)NCCCS(=O)(=O)N1CCN(c2ncccn2)CC1. The van der Waals surface area contributed by atoms with Crippen molar-refractivity contribution in [3.05, 3.63) is 18.5 Å². The van der Waals surface area contributed by atoms with Gasteiger partial charge < -0.3 is 10.2 Å². The average molecular weight is 376 g/mol. The molecule has 0 saturated carbocycles. The number of amides is 1. The Bertz CT molecular complexity index is 633. The Kier molecular flexibility index (Phi) is 6.76. The topological polar surface area (TPSA) is 95.5 Å². The molecule has 134 valence electrons. The van der Waals surface area contributed by atoms with Gasteiger partial charge in [0.25, 0.3) is 0 Å². The first-order valence-electron chi connectivity index (χ1n) is 7.82. The van der Waals surface area contributed by atoms with Crippen LogP contribution in [0.1, 0.15) is 13.3 Å². The molecule has 0 aliphatic carbocycles. The minimum Gasteiger partial charge on any atom is -0.355 e. The van der Waals surface area contributed by atoms with Gasteiger partial charge in [0.05, 0.1) is 5.75 Å². The second kappa shape index (κ2) is 8.59. The lowest BCUT2D eigenvalue weighted by atomic mass is 10.4. The Labute approximate surface area is 147 Å². The van der Waals surface area contributed by atoms with Gasteiger partial charge in [0.1, 0.15) is 5.38 Å². The minimum absolute atomic E-state index is 0.00574. The summed E-state index contributed by atoms with van der Waals surface area (Å²) in [6.07, 6.45) is 3.70. The summed E-state index contributed by atoms with van der Waals surface area (Å²) in [5.74, 6) is 0.337. The van der Waals surface area contributed by atoms with Gasteiger partial charge in [0.2, 0.25) is 21.9 Å². The first kappa shape index (κ1) is 18.9. The molecule has 1 aromatic heterocycles. The van der Waals surface area contributed by atoms with Crippen molar-refractivity contribution in [1.82, 2.24) is 19.6 Å². The Morgan fingerprint density at radius 2 is 1.92 bits per heavy atom. The number of anilines is 1. The molecular weight excluding hydrogens is 354 g/mol. The van der Waals surface area contributed by atoms with E-state index < -0.39 is 15.4 Å². The number of sulfonamides is 1. The van der Waals surface area contributed by atoms with Crippen molar-refractivity contribution in [2.45, 2.75) is 18.7 Å². The number of nitrogens with zero attached hydrogens (tertiary/aromatic N) is 4. The van der Waals surface area contributed by atoms with Crippen molar-refractivity contribution in [3.63, 3.8) is 0 Å². The summed E-state index contributed by atoms with van der Waals surface area (Å²) in [6, 6.07) is 1.74. The molecule has 10 heteroatoms. The van der Waals surface area contributed by atoms with Crippen LogP contribution in [0, 0.1) is 0 Å². The highest BCUT2D eigenvalue weighted by Crippen LogP contribution is 2.13. The van der Waals surface area contributed by atoms with E-state index in [0.29, 0.717) is 45.1 Å². The van der Waals surface area contributed by atoms with E-state index in [0.717, 1.165) is 0 Å². The number of halogens is 1. The number of nitrogens with one attached hydrogen (secondary N) is 1. The molecule has 1 aliphatic rings. The highest BCUT2D eigenvalue weighted by Gasteiger charge is 2.27. The molecule has 2 heterocycles. The van der Waals surface area contributed by atoms with Crippen LogP contribution in [-0.2, 0) is 14.8 Å². The number of hydrogen-bond donors (Lipinski definition) is 1. The van der Waals surface area contributed by atoms with Crippen molar-refractivity contribution in [1.29, 1.82) is 0 Å². The fourth-order valence-electron chi connectivity index (χ4n) is 2.36. The maximum Gasteiger partial charge on any atom is 0.237 e. The lowest BCUT2D eigenvalue weighted by Gasteiger charge is -2.33. The first-order chi connectivity index (χ1) is 11.4.